The van der Waals surface area contributed by atoms with Gasteiger partial charge in [0.15, 0.2) is 16.0 Å². The number of aromatic nitrogens is 6. The van der Waals surface area contributed by atoms with E-state index in [2.05, 4.69) is 50.2 Å². The largest absolute Gasteiger partial charge is 0.497 e. The number of aryl methyl sites for hydroxylation is 1. The SMILES string of the molecule is COc1ccc(CSc2nnc3c4c5c(sc4n4c(SCc6ccc(OC)cc6)nnc4n23)C[C@@H](C)CC5)cc1. The summed E-state index contributed by atoms with van der Waals surface area (Å²) >= 11 is 5.23. The number of rotatable bonds is 8. The Kier molecular flexibility index (Phi) is 6.81. The Bertz CT molecular complexity index is 1830. The maximum atomic E-state index is 5.32. The van der Waals surface area contributed by atoms with Crippen LogP contribution in [-0.4, -0.2) is 43.4 Å². The Hall–Kier alpha value is -3.28. The third kappa shape index (κ3) is 4.49. The van der Waals surface area contributed by atoms with E-state index in [0.717, 1.165) is 57.6 Å². The molecular formula is C29H28N6O2S3. The number of methoxy groups -OCH3 is 2. The molecule has 6 aromatic rings. The van der Waals surface area contributed by atoms with Gasteiger partial charge < -0.3 is 9.47 Å². The van der Waals surface area contributed by atoms with Crippen LogP contribution < -0.4 is 9.47 Å². The van der Waals surface area contributed by atoms with Gasteiger partial charge in [-0.25, -0.2) is 8.80 Å². The Morgan fingerprint density at radius 1 is 0.825 bits per heavy atom. The zero-order valence-electron chi connectivity index (χ0n) is 22.5. The van der Waals surface area contributed by atoms with Gasteiger partial charge in [0.1, 0.15) is 16.3 Å². The van der Waals surface area contributed by atoms with Crippen LogP contribution in [0.25, 0.3) is 21.6 Å². The summed E-state index contributed by atoms with van der Waals surface area (Å²) in [4.78, 5) is 2.63. The summed E-state index contributed by atoms with van der Waals surface area (Å²) in [5.74, 6) is 4.70. The van der Waals surface area contributed by atoms with Crippen molar-refractivity contribution in [1.29, 1.82) is 0 Å². The molecule has 204 valence electrons. The summed E-state index contributed by atoms with van der Waals surface area (Å²) in [5.41, 5.74) is 4.70. The first-order chi connectivity index (χ1) is 19.6. The molecule has 1 aliphatic rings. The van der Waals surface area contributed by atoms with Gasteiger partial charge in [-0.3, -0.25) is 0 Å². The second-order valence-electron chi connectivity index (χ2n) is 10.1. The summed E-state index contributed by atoms with van der Waals surface area (Å²) in [6.45, 7) is 2.35. The third-order valence-electron chi connectivity index (χ3n) is 7.42. The molecule has 0 fully saturated rings. The highest BCUT2D eigenvalue weighted by molar-refractivity contribution is 7.98. The van der Waals surface area contributed by atoms with E-state index >= 15 is 0 Å². The van der Waals surface area contributed by atoms with Crippen LogP contribution in [0.4, 0.5) is 0 Å². The number of thioether (sulfide) groups is 2. The maximum absolute atomic E-state index is 5.32. The van der Waals surface area contributed by atoms with E-state index in [9.17, 15) is 0 Å². The Labute approximate surface area is 244 Å². The fraction of sp³-hybridized carbons (Fsp3) is 0.310. The molecule has 4 heterocycles. The fourth-order valence-corrected chi connectivity index (χ4v) is 8.58. The zero-order valence-corrected chi connectivity index (χ0v) is 24.9. The predicted molar refractivity (Wildman–Crippen MR) is 161 cm³/mol. The van der Waals surface area contributed by atoms with Gasteiger partial charge >= 0.3 is 0 Å². The van der Waals surface area contributed by atoms with Crippen molar-refractivity contribution in [1.82, 2.24) is 29.2 Å². The molecule has 8 nitrogen and oxygen atoms in total. The minimum atomic E-state index is 0.686. The number of nitrogens with zero attached hydrogens (tertiary/aromatic N) is 6. The third-order valence-corrected chi connectivity index (χ3v) is 10.7. The van der Waals surface area contributed by atoms with Crippen LogP contribution in [0.5, 0.6) is 11.5 Å². The van der Waals surface area contributed by atoms with Gasteiger partial charge in [-0.15, -0.1) is 31.7 Å². The van der Waals surface area contributed by atoms with Crippen molar-refractivity contribution in [3.63, 3.8) is 0 Å². The summed E-state index contributed by atoms with van der Waals surface area (Å²) in [6.07, 6.45) is 3.36. The molecule has 0 bridgehead atoms. The van der Waals surface area contributed by atoms with Crippen LogP contribution in [0.15, 0.2) is 58.8 Å². The van der Waals surface area contributed by atoms with Gasteiger partial charge in [0.05, 0.1) is 19.6 Å². The van der Waals surface area contributed by atoms with E-state index in [4.69, 9.17) is 19.7 Å². The first kappa shape index (κ1) is 25.7. The lowest BCUT2D eigenvalue weighted by molar-refractivity contribution is 0.414. The fourth-order valence-electron chi connectivity index (χ4n) is 5.25. The molecule has 11 heteroatoms. The van der Waals surface area contributed by atoms with Crippen LogP contribution in [-0.2, 0) is 24.3 Å². The lowest BCUT2D eigenvalue weighted by Gasteiger charge is -2.17. The lowest BCUT2D eigenvalue weighted by atomic mass is 9.89. The average molecular weight is 589 g/mol. The molecule has 2 aromatic carbocycles. The highest BCUT2D eigenvalue weighted by Crippen LogP contribution is 2.42. The van der Waals surface area contributed by atoms with Crippen LogP contribution in [0.3, 0.4) is 0 Å². The first-order valence-corrected chi connectivity index (χ1v) is 16.0. The topological polar surface area (TPSA) is 78.8 Å². The molecule has 0 spiro atoms. The van der Waals surface area contributed by atoms with E-state index in [1.807, 2.05) is 35.6 Å². The summed E-state index contributed by atoms with van der Waals surface area (Å²) in [7, 11) is 3.37. The standard InChI is InChI=1S/C29H28N6O2S3/c1-17-4-13-22-23(14-17)40-26-24(22)25-30-32-28(38-15-18-5-9-20(36-2)10-6-18)34(25)27-31-33-29(35(26)27)39-16-19-7-11-21(37-3)12-8-19/h5-12,17H,4,13-16H2,1-3H3/t17-/m0/s1. The molecule has 0 N–H and O–H groups in total. The van der Waals surface area contributed by atoms with Crippen molar-refractivity contribution >= 4 is 56.5 Å². The summed E-state index contributed by atoms with van der Waals surface area (Å²) in [5, 5.41) is 21.7. The lowest BCUT2D eigenvalue weighted by Crippen LogP contribution is -2.08. The van der Waals surface area contributed by atoms with Crippen molar-refractivity contribution in [2.75, 3.05) is 14.2 Å². The van der Waals surface area contributed by atoms with Gasteiger partial charge in [-0.1, -0.05) is 54.7 Å². The molecule has 0 radical (unpaired) electrons. The summed E-state index contributed by atoms with van der Waals surface area (Å²) in [6, 6.07) is 16.3. The van der Waals surface area contributed by atoms with E-state index in [1.54, 1.807) is 37.7 Å². The monoisotopic (exact) mass is 588 g/mol. The zero-order chi connectivity index (χ0) is 27.2. The number of hydrogen-bond donors (Lipinski definition) is 0. The molecule has 1 atom stereocenters. The number of benzene rings is 2. The second-order valence-corrected chi connectivity index (χ2v) is 13.0. The molecule has 0 saturated carbocycles. The van der Waals surface area contributed by atoms with Crippen molar-refractivity contribution in [2.45, 2.75) is 48.0 Å². The number of ether oxygens (including phenoxy) is 2. The average Bonchev–Trinajstić information content (AvgIpc) is 3.70. The normalized spacial score (nSPS) is 15.2. The molecular weight excluding hydrogens is 561 g/mol. The molecule has 0 amide bonds. The molecule has 7 rings (SSSR count). The minimum Gasteiger partial charge on any atom is -0.497 e. The Balaban J connectivity index is 1.32. The predicted octanol–water partition coefficient (Wildman–Crippen LogP) is 6.71. The highest BCUT2D eigenvalue weighted by Gasteiger charge is 2.27. The first-order valence-electron chi connectivity index (χ1n) is 13.2. The van der Waals surface area contributed by atoms with Crippen LogP contribution in [0.2, 0.25) is 0 Å². The second kappa shape index (κ2) is 10.6. The minimum absolute atomic E-state index is 0.686. The van der Waals surface area contributed by atoms with Crippen LogP contribution in [0.1, 0.15) is 34.9 Å². The number of thiophene rings is 1. The van der Waals surface area contributed by atoms with Gasteiger partial charge in [0.25, 0.3) is 0 Å². The number of fused-ring (bicyclic) bond motifs is 8. The van der Waals surface area contributed by atoms with E-state index < -0.39 is 0 Å². The molecule has 40 heavy (non-hydrogen) atoms. The van der Waals surface area contributed by atoms with Crippen LogP contribution in [0, 0.1) is 5.92 Å². The molecule has 0 unspecified atom stereocenters. The van der Waals surface area contributed by atoms with Crippen molar-refractivity contribution < 1.29 is 9.47 Å². The van der Waals surface area contributed by atoms with Crippen molar-refractivity contribution in [3.8, 4) is 11.5 Å². The molecule has 4 aromatic heterocycles. The van der Waals surface area contributed by atoms with Gasteiger partial charge in [-0.05, 0) is 66.1 Å². The van der Waals surface area contributed by atoms with Crippen LogP contribution >= 0.6 is 34.9 Å². The Morgan fingerprint density at radius 3 is 2.05 bits per heavy atom. The quantitative estimate of drug-likeness (QED) is 0.182. The number of hydrogen-bond acceptors (Lipinski definition) is 9. The maximum Gasteiger partial charge on any atom is 0.245 e. The van der Waals surface area contributed by atoms with Gasteiger partial charge in [0.2, 0.25) is 5.78 Å². The Morgan fingerprint density at radius 2 is 1.43 bits per heavy atom. The van der Waals surface area contributed by atoms with Crippen molar-refractivity contribution in [3.05, 3.63) is 70.1 Å². The molecule has 1 aliphatic carbocycles. The smallest absolute Gasteiger partial charge is 0.245 e. The van der Waals surface area contributed by atoms with Crippen molar-refractivity contribution in [2.24, 2.45) is 5.92 Å². The van der Waals surface area contributed by atoms with E-state index in [-0.39, 0.29) is 0 Å². The van der Waals surface area contributed by atoms with E-state index in [0.29, 0.717) is 5.92 Å². The molecule has 0 aliphatic heterocycles. The van der Waals surface area contributed by atoms with Gasteiger partial charge in [-0.2, -0.15) is 0 Å². The summed E-state index contributed by atoms with van der Waals surface area (Å²) < 4.78 is 15.0. The highest BCUT2D eigenvalue weighted by atomic mass is 32.2. The van der Waals surface area contributed by atoms with Gasteiger partial charge in [0, 0.05) is 16.4 Å². The van der Waals surface area contributed by atoms with E-state index in [1.165, 1.54) is 38.2 Å². The molecule has 0 saturated heterocycles.